The molecule has 182 valence electrons. The maximum atomic E-state index is 12.8. The van der Waals surface area contributed by atoms with Crippen LogP contribution in [0.15, 0.2) is 82.9 Å². The van der Waals surface area contributed by atoms with Crippen molar-refractivity contribution in [1.29, 1.82) is 0 Å². The van der Waals surface area contributed by atoms with Crippen molar-refractivity contribution in [2.75, 3.05) is 5.32 Å². The summed E-state index contributed by atoms with van der Waals surface area (Å²) in [6.45, 7) is 4.02. The normalized spacial score (nSPS) is 19.3. The van der Waals surface area contributed by atoms with E-state index in [-0.39, 0.29) is 24.3 Å². The van der Waals surface area contributed by atoms with E-state index >= 15 is 0 Å². The number of carbonyl (C=O) groups is 2. The standard InChI is InChI=1S/C28H25ClN4O2S/c1-17-8-13-22(14-18(17)2)30-26(34)16-25-27(35)31-28(36-25)33-24(20-6-4-3-5-7-20)15-23(32-33)19-9-11-21(29)12-10-19/h3-14,24-25H,15-16H2,1-2H3,(H,30,34)/t24-,25-/m1/s1. The van der Waals surface area contributed by atoms with E-state index in [1.54, 1.807) is 0 Å². The summed E-state index contributed by atoms with van der Waals surface area (Å²) in [4.78, 5) is 29.8. The molecule has 2 amide bonds. The van der Waals surface area contributed by atoms with Crippen LogP contribution in [0.1, 0.15) is 41.1 Å². The van der Waals surface area contributed by atoms with E-state index in [9.17, 15) is 9.59 Å². The van der Waals surface area contributed by atoms with Gasteiger partial charge in [0.05, 0.1) is 11.8 Å². The molecule has 3 aromatic rings. The van der Waals surface area contributed by atoms with E-state index in [1.807, 2.05) is 79.5 Å². The number of rotatable bonds is 5. The summed E-state index contributed by atoms with van der Waals surface area (Å²) in [6, 6.07) is 23.3. The lowest BCUT2D eigenvalue weighted by Gasteiger charge is -2.23. The number of amides is 2. The van der Waals surface area contributed by atoms with Gasteiger partial charge in [0.15, 0.2) is 5.17 Å². The first-order valence-corrected chi connectivity index (χ1v) is 13.0. The number of aliphatic imine (C=N–C) groups is 1. The van der Waals surface area contributed by atoms with Crippen LogP contribution in [0.25, 0.3) is 0 Å². The maximum Gasteiger partial charge on any atom is 0.262 e. The first kappa shape index (κ1) is 24.3. The highest BCUT2D eigenvalue weighted by molar-refractivity contribution is 8.15. The fraction of sp³-hybridized carbons (Fsp3) is 0.214. The summed E-state index contributed by atoms with van der Waals surface area (Å²) in [5.41, 5.74) is 5.93. The first-order valence-electron chi connectivity index (χ1n) is 11.7. The zero-order valence-electron chi connectivity index (χ0n) is 19.9. The van der Waals surface area contributed by atoms with Gasteiger partial charge in [0, 0.05) is 23.6 Å². The lowest BCUT2D eigenvalue weighted by Crippen LogP contribution is -2.25. The lowest BCUT2D eigenvalue weighted by molar-refractivity contribution is -0.121. The van der Waals surface area contributed by atoms with Crippen LogP contribution in [0.5, 0.6) is 0 Å². The Balaban J connectivity index is 1.33. The molecule has 0 radical (unpaired) electrons. The minimum Gasteiger partial charge on any atom is -0.326 e. The predicted octanol–water partition coefficient (Wildman–Crippen LogP) is 6.13. The average molecular weight is 517 g/mol. The summed E-state index contributed by atoms with van der Waals surface area (Å²) in [7, 11) is 0. The van der Waals surface area contributed by atoms with E-state index in [0.717, 1.165) is 33.7 Å². The molecular formula is C28H25ClN4O2S. The van der Waals surface area contributed by atoms with Gasteiger partial charge < -0.3 is 5.32 Å². The highest BCUT2D eigenvalue weighted by atomic mass is 35.5. The minimum absolute atomic E-state index is 0.0427. The van der Waals surface area contributed by atoms with Gasteiger partial charge in [-0.3, -0.25) is 9.59 Å². The number of aryl methyl sites for hydroxylation is 2. The number of benzene rings is 3. The molecule has 1 N–H and O–H groups in total. The maximum absolute atomic E-state index is 12.8. The Hall–Kier alpha value is -3.42. The van der Waals surface area contributed by atoms with Gasteiger partial charge in [0.25, 0.3) is 5.91 Å². The van der Waals surface area contributed by atoms with Crippen molar-refractivity contribution in [1.82, 2.24) is 5.01 Å². The molecule has 2 atom stereocenters. The molecule has 5 rings (SSSR count). The molecule has 0 aromatic heterocycles. The highest BCUT2D eigenvalue weighted by Gasteiger charge is 2.39. The molecule has 2 heterocycles. The van der Waals surface area contributed by atoms with E-state index in [0.29, 0.717) is 16.6 Å². The van der Waals surface area contributed by atoms with E-state index in [2.05, 4.69) is 22.4 Å². The molecule has 0 saturated heterocycles. The molecule has 0 saturated carbocycles. The monoisotopic (exact) mass is 516 g/mol. The number of nitrogens with one attached hydrogen (secondary N) is 1. The lowest BCUT2D eigenvalue weighted by atomic mass is 9.99. The van der Waals surface area contributed by atoms with Crippen LogP contribution >= 0.6 is 23.4 Å². The number of hydrogen-bond donors (Lipinski definition) is 1. The number of amidine groups is 1. The Labute approximate surface area is 219 Å². The van der Waals surface area contributed by atoms with Crippen molar-refractivity contribution in [2.45, 2.75) is 38.0 Å². The van der Waals surface area contributed by atoms with Gasteiger partial charge in [0.1, 0.15) is 5.25 Å². The summed E-state index contributed by atoms with van der Waals surface area (Å²) >= 11 is 7.37. The summed E-state index contributed by atoms with van der Waals surface area (Å²) in [6.07, 6.45) is 0.707. The number of carbonyl (C=O) groups excluding carboxylic acids is 2. The second-order valence-electron chi connectivity index (χ2n) is 8.92. The molecule has 3 aromatic carbocycles. The SMILES string of the molecule is Cc1ccc(NC(=O)C[C@H]2SC(N3N=C(c4ccc(Cl)cc4)C[C@@H]3c3ccccc3)=NC2=O)cc1C. The predicted molar refractivity (Wildman–Crippen MR) is 147 cm³/mol. The molecule has 0 spiro atoms. The van der Waals surface area contributed by atoms with Gasteiger partial charge in [-0.1, -0.05) is 71.9 Å². The molecule has 0 aliphatic carbocycles. The number of hydrazone groups is 1. The van der Waals surface area contributed by atoms with Crippen molar-refractivity contribution < 1.29 is 9.59 Å². The third kappa shape index (κ3) is 5.22. The molecule has 2 aliphatic rings. The molecule has 0 fully saturated rings. The zero-order valence-corrected chi connectivity index (χ0v) is 21.5. The van der Waals surface area contributed by atoms with Crippen LogP contribution in [-0.4, -0.2) is 33.0 Å². The van der Waals surface area contributed by atoms with Gasteiger partial charge >= 0.3 is 0 Å². The molecule has 36 heavy (non-hydrogen) atoms. The van der Waals surface area contributed by atoms with E-state index in [4.69, 9.17) is 16.7 Å². The number of halogens is 1. The number of nitrogens with zero attached hydrogens (tertiary/aromatic N) is 3. The van der Waals surface area contributed by atoms with Gasteiger partial charge in [0.2, 0.25) is 5.91 Å². The van der Waals surface area contributed by atoms with Crippen LogP contribution < -0.4 is 5.32 Å². The third-order valence-corrected chi connectivity index (χ3v) is 7.75. The quantitative estimate of drug-likeness (QED) is 0.442. The Morgan fingerprint density at radius 3 is 2.53 bits per heavy atom. The fourth-order valence-corrected chi connectivity index (χ4v) is 5.43. The van der Waals surface area contributed by atoms with E-state index < -0.39 is 5.25 Å². The Bertz CT molecular complexity index is 1370. The van der Waals surface area contributed by atoms with E-state index in [1.165, 1.54) is 11.8 Å². The second kappa shape index (κ2) is 10.3. The first-order chi connectivity index (χ1) is 17.4. The molecule has 0 bridgehead atoms. The van der Waals surface area contributed by atoms with Crippen molar-refractivity contribution in [3.05, 3.63) is 100 Å². The largest absolute Gasteiger partial charge is 0.326 e. The Kier molecular flexibility index (Phi) is 6.94. The van der Waals surface area contributed by atoms with Crippen LogP contribution in [0.2, 0.25) is 5.02 Å². The average Bonchev–Trinajstić information content (AvgIpc) is 3.46. The van der Waals surface area contributed by atoms with Crippen LogP contribution in [0.3, 0.4) is 0 Å². The number of hydrogen-bond acceptors (Lipinski definition) is 5. The zero-order chi connectivity index (χ0) is 25.2. The molecule has 8 heteroatoms. The van der Waals surface area contributed by atoms with Crippen molar-refractivity contribution in [3.8, 4) is 0 Å². The molecule has 0 unspecified atom stereocenters. The highest BCUT2D eigenvalue weighted by Crippen LogP contribution is 2.38. The Morgan fingerprint density at radius 2 is 1.81 bits per heavy atom. The fourth-order valence-electron chi connectivity index (χ4n) is 4.24. The van der Waals surface area contributed by atoms with Crippen molar-refractivity contribution in [3.63, 3.8) is 0 Å². The molecule has 2 aliphatic heterocycles. The Morgan fingerprint density at radius 1 is 1.06 bits per heavy atom. The topological polar surface area (TPSA) is 74.1 Å². The van der Waals surface area contributed by atoms with Gasteiger partial charge in [-0.05, 0) is 60.4 Å². The molecule has 6 nitrogen and oxygen atoms in total. The van der Waals surface area contributed by atoms with Gasteiger partial charge in [-0.2, -0.15) is 10.1 Å². The van der Waals surface area contributed by atoms with Crippen LogP contribution in [0, 0.1) is 13.8 Å². The smallest absolute Gasteiger partial charge is 0.262 e. The molecular weight excluding hydrogens is 492 g/mol. The second-order valence-corrected chi connectivity index (χ2v) is 10.5. The van der Waals surface area contributed by atoms with Crippen molar-refractivity contribution in [2.24, 2.45) is 10.1 Å². The van der Waals surface area contributed by atoms with Crippen LogP contribution in [0.4, 0.5) is 5.69 Å². The summed E-state index contributed by atoms with van der Waals surface area (Å²) in [5, 5.41) is 10.2. The minimum atomic E-state index is -0.585. The van der Waals surface area contributed by atoms with Gasteiger partial charge in [-0.15, -0.1) is 0 Å². The number of anilines is 1. The number of thioether (sulfide) groups is 1. The van der Waals surface area contributed by atoms with Crippen LogP contribution in [-0.2, 0) is 9.59 Å². The summed E-state index contributed by atoms with van der Waals surface area (Å²) in [5.74, 6) is -0.529. The third-order valence-electron chi connectivity index (χ3n) is 6.36. The van der Waals surface area contributed by atoms with Gasteiger partial charge in [-0.25, -0.2) is 5.01 Å². The summed E-state index contributed by atoms with van der Waals surface area (Å²) < 4.78 is 0. The van der Waals surface area contributed by atoms with Crippen molar-refractivity contribution >= 4 is 51.7 Å².